The first-order chi connectivity index (χ1) is 12.3. The molecule has 0 bridgehead atoms. The van der Waals surface area contributed by atoms with Crippen molar-refractivity contribution in [2.45, 2.75) is 71.9 Å². The van der Waals surface area contributed by atoms with Crippen LogP contribution in [0.15, 0.2) is 11.2 Å². The van der Waals surface area contributed by atoms with E-state index >= 15 is 0 Å². The van der Waals surface area contributed by atoms with Crippen molar-refractivity contribution in [2.24, 2.45) is 10.9 Å². The standard InChI is InChI=1S/C19H34N4OS/c1-4-16-13-22-18(25-16)14-23-19(20-5-2)21-12-11-17(24-6-3)15-9-7-8-10-15/h13,15,17H,4-12,14H2,1-3H3,(H2,20,21,23). The summed E-state index contributed by atoms with van der Waals surface area (Å²) in [7, 11) is 0. The molecule has 1 aromatic heterocycles. The van der Waals surface area contributed by atoms with Crippen molar-refractivity contribution >= 4 is 17.3 Å². The first-order valence-electron chi connectivity index (χ1n) is 9.84. The molecule has 1 aliphatic rings. The van der Waals surface area contributed by atoms with E-state index in [1.54, 1.807) is 11.3 Å². The lowest BCUT2D eigenvalue weighted by Gasteiger charge is -2.24. The van der Waals surface area contributed by atoms with Crippen LogP contribution in [0, 0.1) is 5.92 Å². The van der Waals surface area contributed by atoms with Gasteiger partial charge in [0.1, 0.15) is 5.01 Å². The molecule has 25 heavy (non-hydrogen) atoms. The number of aryl methyl sites for hydroxylation is 1. The Balaban J connectivity index is 1.81. The molecule has 1 unspecified atom stereocenters. The Morgan fingerprint density at radius 1 is 1.32 bits per heavy atom. The van der Waals surface area contributed by atoms with Crippen molar-refractivity contribution in [1.82, 2.24) is 15.6 Å². The number of hydrogen-bond acceptors (Lipinski definition) is 4. The Kier molecular flexibility index (Phi) is 9.26. The molecule has 0 spiro atoms. The molecule has 2 rings (SSSR count). The molecule has 142 valence electrons. The van der Waals surface area contributed by atoms with Gasteiger partial charge in [-0.15, -0.1) is 11.3 Å². The van der Waals surface area contributed by atoms with E-state index < -0.39 is 0 Å². The van der Waals surface area contributed by atoms with Gasteiger partial charge < -0.3 is 15.4 Å². The number of thiazole rings is 1. The molecular formula is C19H34N4OS. The Bertz CT molecular complexity index is 511. The zero-order valence-corrected chi connectivity index (χ0v) is 16.8. The highest BCUT2D eigenvalue weighted by Crippen LogP contribution is 2.30. The molecular weight excluding hydrogens is 332 g/mol. The van der Waals surface area contributed by atoms with Crippen LogP contribution in [0.3, 0.4) is 0 Å². The number of nitrogens with one attached hydrogen (secondary N) is 2. The summed E-state index contributed by atoms with van der Waals surface area (Å²) in [5.74, 6) is 1.61. The topological polar surface area (TPSA) is 58.5 Å². The van der Waals surface area contributed by atoms with Crippen molar-refractivity contribution in [2.75, 3.05) is 19.7 Å². The van der Waals surface area contributed by atoms with Crippen LogP contribution in [0.25, 0.3) is 0 Å². The lowest BCUT2D eigenvalue weighted by atomic mass is 9.98. The van der Waals surface area contributed by atoms with Gasteiger partial charge in [-0.3, -0.25) is 0 Å². The number of guanidine groups is 1. The third-order valence-corrected chi connectivity index (χ3v) is 5.82. The predicted octanol–water partition coefficient (Wildman–Crippen LogP) is 3.75. The van der Waals surface area contributed by atoms with Gasteiger partial charge in [-0.2, -0.15) is 0 Å². The summed E-state index contributed by atoms with van der Waals surface area (Å²) < 4.78 is 6.00. The van der Waals surface area contributed by atoms with Crippen molar-refractivity contribution in [3.05, 3.63) is 16.1 Å². The van der Waals surface area contributed by atoms with Gasteiger partial charge >= 0.3 is 0 Å². The monoisotopic (exact) mass is 366 g/mol. The van der Waals surface area contributed by atoms with Crippen molar-refractivity contribution < 1.29 is 4.74 Å². The predicted molar refractivity (Wildman–Crippen MR) is 106 cm³/mol. The maximum atomic E-state index is 6.00. The fraction of sp³-hybridized carbons (Fsp3) is 0.789. The van der Waals surface area contributed by atoms with E-state index in [9.17, 15) is 0 Å². The van der Waals surface area contributed by atoms with Crippen molar-refractivity contribution in [3.8, 4) is 0 Å². The van der Waals surface area contributed by atoms with Crippen molar-refractivity contribution in [3.63, 3.8) is 0 Å². The number of aliphatic imine (C=N–C) groups is 1. The van der Waals surface area contributed by atoms with E-state index in [2.05, 4.69) is 41.4 Å². The van der Waals surface area contributed by atoms with E-state index in [1.165, 1.54) is 30.6 Å². The summed E-state index contributed by atoms with van der Waals surface area (Å²) in [6.07, 6.45) is 9.79. The zero-order chi connectivity index (χ0) is 17.9. The van der Waals surface area contributed by atoms with Crippen LogP contribution in [0.2, 0.25) is 0 Å². The second-order valence-corrected chi connectivity index (χ2v) is 7.72. The zero-order valence-electron chi connectivity index (χ0n) is 16.0. The van der Waals surface area contributed by atoms with Gasteiger partial charge in [-0.25, -0.2) is 9.98 Å². The summed E-state index contributed by atoms with van der Waals surface area (Å²) in [6.45, 7) is 9.55. The summed E-state index contributed by atoms with van der Waals surface area (Å²) in [5.41, 5.74) is 0. The molecule has 1 aromatic rings. The molecule has 6 heteroatoms. The van der Waals surface area contributed by atoms with Crippen LogP contribution < -0.4 is 10.6 Å². The van der Waals surface area contributed by atoms with Gasteiger partial charge in [-0.05, 0) is 45.4 Å². The average Bonchev–Trinajstić information content (AvgIpc) is 3.30. The lowest BCUT2D eigenvalue weighted by molar-refractivity contribution is 0.0169. The molecule has 0 aliphatic heterocycles. The summed E-state index contributed by atoms with van der Waals surface area (Å²) >= 11 is 1.75. The highest BCUT2D eigenvalue weighted by Gasteiger charge is 2.25. The van der Waals surface area contributed by atoms with Crippen LogP contribution in [-0.4, -0.2) is 36.7 Å². The number of nitrogens with zero attached hydrogens (tertiary/aromatic N) is 2. The average molecular weight is 367 g/mol. The van der Waals surface area contributed by atoms with E-state index in [4.69, 9.17) is 4.74 Å². The largest absolute Gasteiger partial charge is 0.378 e. The Morgan fingerprint density at radius 2 is 2.12 bits per heavy atom. The van der Waals surface area contributed by atoms with Crippen LogP contribution in [0.4, 0.5) is 0 Å². The van der Waals surface area contributed by atoms with E-state index in [0.717, 1.165) is 49.4 Å². The number of ether oxygens (including phenoxy) is 1. The van der Waals surface area contributed by atoms with Gasteiger partial charge in [0, 0.05) is 30.8 Å². The van der Waals surface area contributed by atoms with Crippen LogP contribution in [-0.2, 0) is 17.7 Å². The second kappa shape index (κ2) is 11.5. The molecule has 0 saturated heterocycles. The molecule has 1 aliphatic carbocycles. The van der Waals surface area contributed by atoms with E-state index in [1.807, 2.05) is 6.20 Å². The second-order valence-electron chi connectivity index (χ2n) is 6.52. The van der Waals surface area contributed by atoms with Gasteiger partial charge in [0.25, 0.3) is 0 Å². The molecule has 1 fully saturated rings. The number of aromatic nitrogens is 1. The van der Waals surface area contributed by atoms with E-state index in [0.29, 0.717) is 12.6 Å². The van der Waals surface area contributed by atoms with Gasteiger partial charge in [0.2, 0.25) is 0 Å². The highest BCUT2D eigenvalue weighted by atomic mass is 32.1. The summed E-state index contributed by atoms with van der Waals surface area (Å²) in [5, 5.41) is 7.86. The van der Waals surface area contributed by atoms with Gasteiger partial charge in [-0.1, -0.05) is 19.8 Å². The van der Waals surface area contributed by atoms with Crippen LogP contribution in [0.1, 0.15) is 62.8 Å². The van der Waals surface area contributed by atoms with Gasteiger partial charge in [0.05, 0.1) is 12.6 Å². The summed E-state index contributed by atoms with van der Waals surface area (Å²) in [6, 6.07) is 0. The molecule has 5 nitrogen and oxygen atoms in total. The molecule has 0 amide bonds. The number of hydrogen-bond donors (Lipinski definition) is 2. The fourth-order valence-corrected chi connectivity index (χ4v) is 4.19. The third kappa shape index (κ3) is 6.94. The Morgan fingerprint density at radius 3 is 2.76 bits per heavy atom. The summed E-state index contributed by atoms with van der Waals surface area (Å²) in [4.78, 5) is 10.4. The fourth-order valence-electron chi connectivity index (χ4n) is 3.40. The highest BCUT2D eigenvalue weighted by molar-refractivity contribution is 7.11. The first kappa shape index (κ1) is 20.2. The molecule has 0 aromatic carbocycles. The lowest BCUT2D eigenvalue weighted by Crippen LogP contribution is -2.39. The molecule has 1 saturated carbocycles. The minimum Gasteiger partial charge on any atom is -0.378 e. The molecule has 0 radical (unpaired) electrons. The molecule has 1 atom stereocenters. The maximum absolute atomic E-state index is 6.00. The van der Waals surface area contributed by atoms with Crippen molar-refractivity contribution in [1.29, 1.82) is 0 Å². The minimum absolute atomic E-state index is 0.383. The maximum Gasteiger partial charge on any atom is 0.191 e. The van der Waals surface area contributed by atoms with Crippen LogP contribution >= 0.6 is 11.3 Å². The minimum atomic E-state index is 0.383. The Hall–Kier alpha value is -1.14. The SMILES string of the molecule is CCNC(=NCc1ncc(CC)s1)NCCC(OCC)C1CCCC1. The van der Waals surface area contributed by atoms with E-state index in [-0.39, 0.29) is 0 Å². The quantitative estimate of drug-likeness (QED) is 0.489. The Labute approximate surface area is 156 Å². The normalized spacial score (nSPS) is 17.0. The molecule has 2 N–H and O–H groups in total. The van der Waals surface area contributed by atoms with Gasteiger partial charge in [0.15, 0.2) is 5.96 Å². The third-order valence-electron chi connectivity index (χ3n) is 4.69. The smallest absolute Gasteiger partial charge is 0.191 e. The first-order valence-corrected chi connectivity index (χ1v) is 10.7. The number of rotatable bonds is 10. The van der Waals surface area contributed by atoms with Crippen LogP contribution in [0.5, 0.6) is 0 Å². The molecule has 1 heterocycles.